The molecule has 1 aliphatic heterocycles. The number of ether oxygens (including phenoxy) is 1. The van der Waals surface area contributed by atoms with Crippen LogP contribution in [0.2, 0.25) is 0 Å². The van der Waals surface area contributed by atoms with Crippen molar-refractivity contribution in [3.63, 3.8) is 0 Å². The second-order valence-corrected chi connectivity index (χ2v) is 3.18. The van der Waals surface area contributed by atoms with E-state index in [9.17, 15) is 15.3 Å². The summed E-state index contributed by atoms with van der Waals surface area (Å²) in [5.74, 6) is -2.66. The van der Waals surface area contributed by atoms with Gasteiger partial charge in [-0.2, -0.15) is 0 Å². The lowest BCUT2D eigenvalue weighted by atomic mass is 9.98. The van der Waals surface area contributed by atoms with Crippen LogP contribution in [0.4, 0.5) is 0 Å². The van der Waals surface area contributed by atoms with Gasteiger partial charge in [0.2, 0.25) is 0 Å². The average molecular weight is 193 g/mol. The first-order chi connectivity index (χ1) is 5.95. The van der Waals surface area contributed by atoms with E-state index < -0.39 is 17.8 Å². The van der Waals surface area contributed by atoms with Gasteiger partial charge in [0.15, 0.2) is 5.72 Å². The van der Waals surface area contributed by atoms with Gasteiger partial charge < -0.3 is 25.2 Å². The summed E-state index contributed by atoms with van der Waals surface area (Å²) in [6.07, 6.45) is -0.193. The Morgan fingerprint density at radius 1 is 1.46 bits per heavy atom. The van der Waals surface area contributed by atoms with Crippen LogP contribution in [-0.2, 0) is 4.74 Å². The number of aliphatic hydroxyl groups is 4. The van der Waals surface area contributed by atoms with E-state index in [1.54, 1.807) is 0 Å². The Morgan fingerprint density at radius 2 is 2.08 bits per heavy atom. The molecule has 6 nitrogen and oxygen atoms in total. The molecule has 0 aliphatic carbocycles. The van der Waals surface area contributed by atoms with E-state index in [2.05, 4.69) is 10.1 Å². The zero-order chi connectivity index (χ0) is 10.1. The maximum atomic E-state index is 9.60. The fourth-order valence-electron chi connectivity index (χ4n) is 1.34. The standard InChI is InChI=1S/C7H15NO5/c1-8-6(10)3-2-5(4-9)13-7(6,11)12/h5,8-12H,2-4H2,1H3. The lowest BCUT2D eigenvalue weighted by Gasteiger charge is -2.44. The van der Waals surface area contributed by atoms with Crippen molar-refractivity contribution < 1.29 is 25.2 Å². The summed E-state index contributed by atoms with van der Waals surface area (Å²) < 4.78 is 4.68. The number of aliphatic hydroxyl groups excluding tert-OH is 1. The topological polar surface area (TPSA) is 102 Å². The predicted octanol–water partition coefficient (Wildman–Crippen LogP) is -2.30. The quantitative estimate of drug-likeness (QED) is 0.316. The molecular formula is C7H15NO5. The second kappa shape index (κ2) is 3.49. The summed E-state index contributed by atoms with van der Waals surface area (Å²) in [5.41, 5.74) is -1.88. The van der Waals surface area contributed by atoms with Crippen LogP contribution in [0.3, 0.4) is 0 Å². The highest BCUT2D eigenvalue weighted by Gasteiger charge is 2.53. The molecule has 1 fully saturated rings. The molecule has 78 valence electrons. The lowest BCUT2D eigenvalue weighted by molar-refractivity contribution is -0.445. The van der Waals surface area contributed by atoms with Gasteiger partial charge in [-0.1, -0.05) is 0 Å². The number of nitrogens with one attached hydrogen (secondary N) is 1. The Hall–Kier alpha value is -0.240. The zero-order valence-electron chi connectivity index (χ0n) is 7.40. The first-order valence-electron chi connectivity index (χ1n) is 4.10. The molecule has 0 saturated carbocycles. The number of likely N-dealkylation sites (N-methyl/N-ethyl adjacent to an activating group) is 1. The van der Waals surface area contributed by atoms with Crippen molar-refractivity contribution in [2.75, 3.05) is 13.7 Å². The van der Waals surface area contributed by atoms with Crippen molar-refractivity contribution >= 4 is 0 Å². The van der Waals surface area contributed by atoms with Crippen molar-refractivity contribution in [3.05, 3.63) is 0 Å². The summed E-state index contributed by atoms with van der Waals surface area (Å²) >= 11 is 0. The van der Waals surface area contributed by atoms with Crippen LogP contribution in [0.5, 0.6) is 0 Å². The molecule has 0 aromatic heterocycles. The molecule has 1 saturated heterocycles. The summed E-state index contributed by atoms with van der Waals surface area (Å²) in [5, 5.41) is 39.3. The third kappa shape index (κ3) is 1.83. The highest BCUT2D eigenvalue weighted by Crippen LogP contribution is 2.31. The maximum absolute atomic E-state index is 9.60. The third-order valence-electron chi connectivity index (χ3n) is 2.32. The van der Waals surface area contributed by atoms with Crippen LogP contribution in [0.1, 0.15) is 12.8 Å². The van der Waals surface area contributed by atoms with Gasteiger partial charge in [-0.25, -0.2) is 0 Å². The molecule has 0 aromatic carbocycles. The van der Waals surface area contributed by atoms with Crippen LogP contribution in [0.25, 0.3) is 0 Å². The number of hydrogen-bond donors (Lipinski definition) is 5. The molecule has 13 heavy (non-hydrogen) atoms. The number of rotatable bonds is 2. The van der Waals surface area contributed by atoms with E-state index in [0.717, 1.165) is 0 Å². The normalized spacial score (nSPS) is 39.0. The fourth-order valence-corrected chi connectivity index (χ4v) is 1.34. The van der Waals surface area contributed by atoms with Crippen LogP contribution >= 0.6 is 0 Å². The summed E-state index contributed by atoms with van der Waals surface area (Å²) in [6, 6.07) is 0. The van der Waals surface area contributed by atoms with Gasteiger partial charge in [0.25, 0.3) is 0 Å². The minimum Gasteiger partial charge on any atom is -0.394 e. The van der Waals surface area contributed by atoms with Crippen molar-refractivity contribution in [1.29, 1.82) is 0 Å². The minimum absolute atomic E-state index is 0.0989. The molecule has 5 N–H and O–H groups in total. The van der Waals surface area contributed by atoms with Crippen LogP contribution in [0.15, 0.2) is 0 Å². The van der Waals surface area contributed by atoms with Crippen molar-refractivity contribution in [2.24, 2.45) is 0 Å². The Balaban J connectivity index is 2.73. The molecule has 0 radical (unpaired) electrons. The van der Waals surface area contributed by atoms with Crippen molar-refractivity contribution in [1.82, 2.24) is 5.32 Å². The predicted molar refractivity (Wildman–Crippen MR) is 42.4 cm³/mol. The Morgan fingerprint density at radius 3 is 2.46 bits per heavy atom. The van der Waals surface area contributed by atoms with Gasteiger partial charge in [-0.3, -0.25) is 5.32 Å². The molecule has 1 rings (SSSR count). The molecular weight excluding hydrogens is 178 g/mol. The van der Waals surface area contributed by atoms with Crippen LogP contribution in [0, 0.1) is 0 Å². The Kier molecular flexibility index (Phi) is 2.91. The summed E-state index contributed by atoms with van der Waals surface area (Å²) in [6.45, 7) is -0.303. The fraction of sp³-hybridized carbons (Fsp3) is 1.00. The van der Waals surface area contributed by atoms with Crippen molar-refractivity contribution in [2.45, 2.75) is 30.6 Å². The van der Waals surface area contributed by atoms with E-state index in [4.69, 9.17) is 5.11 Å². The van der Waals surface area contributed by atoms with E-state index in [0.29, 0.717) is 6.42 Å². The summed E-state index contributed by atoms with van der Waals surface area (Å²) in [7, 11) is 1.39. The second-order valence-electron chi connectivity index (χ2n) is 3.18. The SMILES string of the molecule is CNC1(O)CCC(CO)OC1(O)O. The smallest absolute Gasteiger partial charge is 0.323 e. The largest absolute Gasteiger partial charge is 0.394 e. The first kappa shape index (κ1) is 10.8. The van der Waals surface area contributed by atoms with Crippen LogP contribution < -0.4 is 5.32 Å². The first-order valence-corrected chi connectivity index (χ1v) is 4.10. The molecule has 0 spiro atoms. The molecule has 0 bridgehead atoms. The van der Waals surface area contributed by atoms with Gasteiger partial charge in [0, 0.05) is 6.42 Å². The van der Waals surface area contributed by atoms with Gasteiger partial charge in [0.05, 0.1) is 12.7 Å². The van der Waals surface area contributed by atoms with E-state index in [1.165, 1.54) is 7.05 Å². The van der Waals surface area contributed by atoms with Crippen LogP contribution in [-0.4, -0.2) is 51.9 Å². The van der Waals surface area contributed by atoms with E-state index >= 15 is 0 Å². The van der Waals surface area contributed by atoms with E-state index in [1.807, 2.05) is 0 Å². The average Bonchev–Trinajstić information content (AvgIpc) is 2.09. The third-order valence-corrected chi connectivity index (χ3v) is 2.32. The lowest BCUT2D eigenvalue weighted by Crippen LogP contribution is -2.67. The molecule has 1 heterocycles. The zero-order valence-corrected chi connectivity index (χ0v) is 7.40. The Bertz CT molecular complexity index is 186. The molecule has 0 aromatic rings. The highest BCUT2D eigenvalue weighted by atomic mass is 16.8. The highest BCUT2D eigenvalue weighted by molar-refractivity contribution is 4.88. The molecule has 6 heteroatoms. The van der Waals surface area contributed by atoms with Gasteiger partial charge in [-0.05, 0) is 13.5 Å². The Labute approximate surface area is 75.8 Å². The van der Waals surface area contributed by atoms with Gasteiger partial charge in [0.1, 0.15) is 0 Å². The number of hydrogen-bond acceptors (Lipinski definition) is 6. The van der Waals surface area contributed by atoms with Gasteiger partial charge in [-0.15, -0.1) is 0 Å². The maximum Gasteiger partial charge on any atom is 0.323 e. The molecule has 2 atom stereocenters. The van der Waals surface area contributed by atoms with E-state index in [-0.39, 0.29) is 13.0 Å². The van der Waals surface area contributed by atoms with Crippen molar-refractivity contribution in [3.8, 4) is 0 Å². The molecule has 2 unspecified atom stereocenters. The molecule has 1 aliphatic rings. The molecule has 0 amide bonds. The summed E-state index contributed by atoms with van der Waals surface area (Å²) in [4.78, 5) is 0. The minimum atomic E-state index is -2.66. The van der Waals surface area contributed by atoms with Gasteiger partial charge >= 0.3 is 5.97 Å². The monoisotopic (exact) mass is 193 g/mol.